The molecule has 0 saturated carbocycles. The van der Waals surface area contributed by atoms with Gasteiger partial charge in [0.1, 0.15) is 6.61 Å². The molecule has 0 aliphatic carbocycles. The summed E-state index contributed by atoms with van der Waals surface area (Å²) < 4.78 is 38.9. The first-order valence-corrected chi connectivity index (χ1v) is 4.00. The summed E-state index contributed by atoms with van der Waals surface area (Å²) in [7, 11) is 0. The minimum absolute atomic E-state index is 0.114. The average Bonchev–Trinajstić information content (AvgIpc) is 2.01. The van der Waals surface area contributed by atoms with E-state index in [1.54, 1.807) is 0 Å². The Kier molecular flexibility index (Phi) is 5.47. The highest BCUT2D eigenvalue weighted by molar-refractivity contribution is 5.79. The number of amides is 1. The van der Waals surface area contributed by atoms with E-state index in [1.807, 2.05) is 0 Å². The van der Waals surface area contributed by atoms with Gasteiger partial charge in [0, 0.05) is 6.54 Å². The zero-order chi connectivity index (χ0) is 11.2. The number of rotatable bonds is 6. The average molecular weight is 214 g/mol. The quantitative estimate of drug-likeness (QED) is 0.613. The fourth-order valence-corrected chi connectivity index (χ4v) is 0.636. The lowest BCUT2D eigenvalue weighted by atomic mass is 10.3. The first kappa shape index (κ1) is 13.2. The molecule has 1 unspecified atom stereocenters. The summed E-state index contributed by atoms with van der Waals surface area (Å²) in [5, 5.41) is 2.60. The van der Waals surface area contributed by atoms with Gasteiger partial charge in [0.15, 0.2) is 0 Å². The molecule has 0 aromatic rings. The molecule has 0 fully saturated rings. The fraction of sp³-hybridized carbons (Fsp3) is 0.857. The third-order valence-electron chi connectivity index (χ3n) is 1.39. The van der Waals surface area contributed by atoms with Crippen molar-refractivity contribution in [2.75, 3.05) is 19.8 Å². The Morgan fingerprint density at radius 3 is 2.57 bits per heavy atom. The number of nitrogens with two attached hydrogens (primary N) is 1. The highest BCUT2D eigenvalue weighted by Crippen LogP contribution is 2.13. The summed E-state index contributed by atoms with van der Waals surface area (Å²) in [6.45, 7) is 0.281. The monoisotopic (exact) mass is 214 g/mol. The molecule has 0 aliphatic heterocycles. The van der Waals surface area contributed by atoms with Crippen LogP contribution in [0.5, 0.6) is 0 Å². The van der Waals surface area contributed by atoms with Gasteiger partial charge in [-0.2, -0.15) is 13.2 Å². The zero-order valence-corrected chi connectivity index (χ0v) is 7.73. The maximum Gasteiger partial charge on any atom is 0.411 e. The van der Waals surface area contributed by atoms with Crippen molar-refractivity contribution in [1.29, 1.82) is 0 Å². The van der Waals surface area contributed by atoms with Gasteiger partial charge < -0.3 is 15.8 Å². The van der Waals surface area contributed by atoms with Crippen LogP contribution in [0.15, 0.2) is 0 Å². The lowest BCUT2D eigenvalue weighted by Gasteiger charge is -2.11. The summed E-state index contributed by atoms with van der Waals surface area (Å²) in [4.78, 5) is 10.5. The van der Waals surface area contributed by atoms with Crippen LogP contribution in [0.25, 0.3) is 0 Å². The lowest BCUT2D eigenvalue weighted by molar-refractivity contribution is -0.173. The summed E-state index contributed by atoms with van der Waals surface area (Å²) in [6.07, 6.45) is -4.31. The fourth-order valence-electron chi connectivity index (χ4n) is 0.636. The SMILES string of the molecule is CC(NCCOCC(F)(F)F)C(N)=O. The number of hydrogen-bond donors (Lipinski definition) is 2. The summed E-state index contributed by atoms with van der Waals surface area (Å²) in [5.74, 6) is -0.555. The number of carbonyl (C=O) groups excluding carboxylic acids is 1. The Morgan fingerprint density at radius 2 is 2.14 bits per heavy atom. The zero-order valence-electron chi connectivity index (χ0n) is 7.73. The van der Waals surface area contributed by atoms with Crippen LogP contribution >= 0.6 is 0 Å². The Hall–Kier alpha value is -0.820. The van der Waals surface area contributed by atoms with Crippen LogP contribution in [0, 0.1) is 0 Å². The van der Waals surface area contributed by atoms with Gasteiger partial charge in [-0.1, -0.05) is 0 Å². The lowest BCUT2D eigenvalue weighted by Crippen LogP contribution is -2.40. The minimum atomic E-state index is -4.31. The molecule has 0 rings (SSSR count). The van der Waals surface area contributed by atoms with Crippen LogP contribution < -0.4 is 11.1 Å². The highest BCUT2D eigenvalue weighted by atomic mass is 19.4. The molecule has 0 aromatic heterocycles. The van der Waals surface area contributed by atoms with E-state index in [1.165, 1.54) is 6.92 Å². The molecule has 0 aliphatic rings. The predicted molar refractivity (Wildman–Crippen MR) is 43.5 cm³/mol. The molecule has 7 heteroatoms. The van der Waals surface area contributed by atoms with Gasteiger partial charge in [0.2, 0.25) is 5.91 Å². The molecule has 0 radical (unpaired) electrons. The molecular formula is C7H13F3N2O2. The Bertz CT molecular complexity index is 184. The standard InChI is InChI=1S/C7H13F3N2O2/c1-5(6(11)13)12-2-3-14-4-7(8,9)10/h5,12H,2-4H2,1H3,(H2,11,13). The molecule has 3 N–H and O–H groups in total. The van der Waals surface area contributed by atoms with Crippen LogP contribution in [0.4, 0.5) is 13.2 Å². The third kappa shape index (κ3) is 7.81. The van der Waals surface area contributed by atoms with E-state index < -0.39 is 24.7 Å². The normalized spacial score (nSPS) is 14.0. The number of ether oxygens (including phenoxy) is 1. The number of nitrogens with one attached hydrogen (secondary N) is 1. The largest absolute Gasteiger partial charge is 0.411 e. The van der Waals surface area contributed by atoms with Crippen LogP contribution in [-0.2, 0) is 9.53 Å². The number of primary amides is 1. The molecule has 0 heterocycles. The van der Waals surface area contributed by atoms with Gasteiger partial charge >= 0.3 is 6.18 Å². The van der Waals surface area contributed by atoms with E-state index in [0.29, 0.717) is 0 Å². The van der Waals surface area contributed by atoms with Crippen molar-refractivity contribution in [2.45, 2.75) is 19.1 Å². The minimum Gasteiger partial charge on any atom is -0.371 e. The first-order valence-electron chi connectivity index (χ1n) is 4.00. The Morgan fingerprint density at radius 1 is 1.57 bits per heavy atom. The number of hydrogen-bond acceptors (Lipinski definition) is 3. The summed E-state index contributed by atoms with van der Waals surface area (Å²) in [5.41, 5.74) is 4.90. The van der Waals surface area contributed by atoms with Crippen molar-refractivity contribution in [3.8, 4) is 0 Å². The second-order valence-corrected chi connectivity index (χ2v) is 2.75. The van der Waals surface area contributed by atoms with E-state index in [9.17, 15) is 18.0 Å². The van der Waals surface area contributed by atoms with Gasteiger partial charge in [-0.25, -0.2) is 0 Å². The van der Waals surface area contributed by atoms with Gasteiger partial charge in [0.25, 0.3) is 0 Å². The molecule has 0 saturated heterocycles. The molecule has 0 bridgehead atoms. The van der Waals surface area contributed by atoms with Crippen molar-refractivity contribution >= 4 is 5.91 Å². The third-order valence-corrected chi connectivity index (χ3v) is 1.39. The van der Waals surface area contributed by atoms with Gasteiger partial charge in [-0.3, -0.25) is 4.79 Å². The molecule has 0 spiro atoms. The number of alkyl halides is 3. The molecular weight excluding hydrogens is 201 g/mol. The van der Waals surface area contributed by atoms with Crippen LogP contribution in [0.1, 0.15) is 6.92 Å². The van der Waals surface area contributed by atoms with Crippen molar-refractivity contribution in [3.05, 3.63) is 0 Å². The van der Waals surface area contributed by atoms with E-state index in [4.69, 9.17) is 5.73 Å². The first-order chi connectivity index (χ1) is 6.33. The van der Waals surface area contributed by atoms with Gasteiger partial charge in [-0.05, 0) is 6.92 Å². The van der Waals surface area contributed by atoms with Crippen LogP contribution in [-0.4, -0.2) is 37.9 Å². The van der Waals surface area contributed by atoms with Crippen molar-refractivity contribution in [3.63, 3.8) is 0 Å². The number of carbonyl (C=O) groups is 1. The summed E-state index contributed by atoms with van der Waals surface area (Å²) >= 11 is 0. The molecule has 14 heavy (non-hydrogen) atoms. The predicted octanol–water partition coefficient (Wildman–Crippen LogP) is 0.0287. The topological polar surface area (TPSA) is 64.3 Å². The Balaban J connectivity index is 3.35. The van der Waals surface area contributed by atoms with Gasteiger partial charge in [-0.15, -0.1) is 0 Å². The molecule has 0 aromatic carbocycles. The molecule has 1 atom stereocenters. The Labute approximate surface area is 79.6 Å². The smallest absolute Gasteiger partial charge is 0.371 e. The van der Waals surface area contributed by atoms with E-state index in [0.717, 1.165) is 0 Å². The van der Waals surface area contributed by atoms with Crippen molar-refractivity contribution < 1.29 is 22.7 Å². The second kappa shape index (κ2) is 5.82. The maximum atomic E-state index is 11.6. The molecule has 4 nitrogen and oxygen atoms in total. The maximum absolute atomic E-state index is 11.6. The molecule has 1 amide bonds. The van der Waals surface area contributed by atoms with E-state index in [-0.39, 0.29) is 13.2 Å². The van der Waals surface area contributed by atoms with Gasteiger partial charge in [0.05, 0.1) is 12.6 Å². The van der Waals surface area contributed by atoms with E-state index >= 15 is 0 Å². The van der Waals surface area contributed by atoms with E-state index in [2.05, 4.69) is 10.1 Å². The number of halogens is 3. The van der Waals surface area contributed by atoms with Crippen LogP contribution in [0.2, 0.25) is 0 Å². The van der Waals surface area contributed by atoms with Crippen molar-refractivity contribution in [2.24, 2.45) is 5.73 Å². The summed E-state index contributed by atoms with van der Waals surface area (Å²) in [6, 6.07) is -0.565. The van der Waals surface area contributed by atoms with Crippen molar-refractivity contribution in [1.82, 2.24) is 5.32 Å². The second-order valence-electron chi connectivity index (χ2n) is 2.75. The van der Waals surface area contributed by atoms with Crippen LogP contribution in [0.3, 0.4) is 0 Å². The highest BCUT2D eigenvalue weighted by Gasteiger charge is 2.27. The molecule has 84 valence electrons.